The van der Waals surface area contributed by atoms with Crippen LogP contribution < -0.4 is 15.4 Å². The molecule has 0 bridgehead atoms. The Labute approximate surface area is 148 Å². The van der Waals surface area contributed by atoms with Crippen molar-refractivity contribution < 1.29 is 13.9 Å². The molecule has 0 saturated carbocycles. The summed E-state index contributed by atoms with van der Waals surface area (Å²) in [6.45, 7) is 0.790. The van der Waals surface area contributed by atoms with Gasteiger partial charge in [0, 0.05) is 11.0 Å². The Hall–Kier alpha value is -2.52. The van der Waals surface area contributed by atoms with E-state index in [1.165, 1.54) is 12.1 Å². The summed E-state index contributed by atoms with van der Waals surface area (Å²) in [5.74, 6) is 6.04. The highest BCUT2D eigenvalue weighted by Gasteiger charge is 1.99. The first kappa shape index (κ1) is 17.8. The lowest BCUT2D eigenvalue weighted by Crippen LogP contribution is -2.35. The molecular formula is C18H16BrFN2O2. The highest BCUT2D eigenvalue weighted by atomic mass is 79.9. The van der Waals surface area contributed by atoms with Gasteiger partial charge in [-0.2, -0.15) is 0 Å². The highest BCUT2D eigenvalue weighted by Crippen LogP contribution is 2.17. The molecule has 0 heterocycles. The molecule has 124 valence electrons. The number of carbonyl (C=O) groups is 1. The van der Waals surface area contributed by atoms with Gasteiger partial charge in [-0.1, -0.05) is 46.0 Å². The molecular weight excluding hydrogens is 375 g/mol. The average molecular weight is 391 g/mol. The minimum atomic E-state index is -0.332. The van der Waals surface area contributed by atoms with Crippen LogP contribution in [0.2, 0.25) is 0 Å². The Kier molecular flexibility index (Phi) is 7.12. The van der Waals surface area contributed by atoms with Crippen molar-refractivity contribution in [2.75, 3.05) is 13.2 Å². The predicted octanol–water partition coefficient (Wildman–Crippen LogP) is 3.47. The SMILES string of the molecule is O=C(NCC#CCOc1cccc(Br)c1)NCc1ccc(F)cc1. The van der Waals surface area contributed by atoms with E-state index >= 15 is 0 Å². The molecule has 0 aliphatic heterocycles. The summed E-state index contributed by atoms with van der Waals surface area (Å²) in [4.78, 5) is 11.6. The number of nitrogens with one attached hydrogen (secondary N) is 2. The maximum Gasteiger partial charge on any atom is 0.315 e. The van der Waals surface area contributed by atoms with Crippen LogP contribution in [0.25, 0.3) is 0 Å². The summed E-state index contributed by atoms with van der Waals surface area (Å²) >= 11 is 3.36. The van der Waals surface area contributed by atoms with E-state index < -0.39 is 0 Å². The van der Waals surface area contributed by atoms with Gasteiger partial charge in [-0.15, -0.1) is 0 Å². The Morgan fingerprint density at radius 2 is 1.92 bits per heavy atom. The fourth-order valence-corrected chi connectivity index (χ4v) is 2.14. The van der Waals surface area contributed by atoms with E-state index in [1.54, 1.807) is 12.1 Å². The third kappa shape index (κ3) is 6.71. The van der Waals surface area contributed by atoms with Crippen molar-refractivity contribution in [2.45, 2.75) is 6.54 Å². The number of hydrogen-bond donors (Lipinski definition) is 2. The molecule has 0 atom stereocenters. The maximum atomic E-state index is 12.8. The number of halogens is 2. The van der Waals surface area contributed by atoms with Gasteiger partial charge in [0.1, 0.15) is 18.2 Å². The van der Waals surface area contributed by atoms with Crippen LogP contribution in [0.4, 0.5) is 9.18 Å². The zero-order valence-corrected chi connectivity index (χ0v) is 14.4. The van der Waals surface area contributed by atoms with Gasteiger partial charge in [0.25, 0.3) is 0 Å². The standard InChI is InChI=1S/C18H16BrFN2O2/c19-15-4-3-5-17(12-15)24-11-2-1-10-21-18(23)22-13-14-6-8-16(20)9-7-14/h3-9,12H,10-11,13H2,(H2,21,22,23). The molecule has 0 spiro atoms. The normalized spacial score (nSPS) is 9.58. The van der Waals surface area contributed by atoms with Gasteiger partial charge in [-0.3, -0.25) is 0 Å². The number of amides is 2. The van der Waals surface area contributed by atoms with Crippen LogP contribution in [-0.4, -0.2) is 19.2 Å². The summed E-state index contributed by atoms with van der Waals surface area (Å²) in [7, 11) is 0. The molecule has 0 aliphatic carbocycles. The molecule has 2 aromatic rings. The summed E-state index contributed by atoms with van der Waals surface area (Å²) in [6.07, 6.45) is 0. The van der Waals surface area contributed by atoms with Crippen LogP contribution in [0, 0.1) is 17.7 Å². The van der Waals surface area contributed by atoms with E-state index in [2.05, 4.69) is 38.4 Å². The fourth-order valence-electron chi connectivity index (χ4n) is 1.76. The van der Waals surface area contributed by atoms with Gasteiger partial charge in [0.05, 0.1) is 6.54 Å². The molecule has 2 aromatic carbocycles. The van der Waals surface area contributed by atoms with Crippen molar-refractivity contribution in [1.29, 1.82) is 0 Å². The topological polar surface area (TPSA) is 50.4 Å². The van der Waals surface area contributed by atoms with Crippen LogP contribution in [0.15, 0.2) is 53.0 Å². The van der Waals surface area contributed by atoms with Gasteiger partial charge in [0.2, 0.25) is 0 Å². The quantitative estimate of drug-likeness (QED) is 0.767. The monoisotopic (exact) mass is 390 g/mol. The van der Waals surface area contributed by atoms with Crippen molar-refractivity contribution >= 4 is 22.0 Å². The second-order valence-electron chi connectivity index (χ2n) is 4.76. The van der Waals surface area contributed by atoms with E-state index in [9.17, 15) is 9.18 Å². The number of rotatable bonds is 5. The maximum absolute atomic E-state index is 12.8. The predicted molar refractivity (Wildman–Crippen MR) is 94.1 cm³/mol. The van der Waals surface area contributed by atoms with Gasteiger partial charge in [0.15, 0.2) is 0 Å². The zero-order chi connectivity index (χ0) is 17.2. The molecule has 24 heavy (non-hydrogen) atoms. The summed E-state index contributed by atoms with van der Waals surface area (Å²) in [6, 6.07) is 13.1. The van der Waals surface area contributed by atoms with Gasteiger partial charge in [-0.25, -0.2) is 9.18 Å². The Bertz CT molecular complexity index is 739. The molecule has 0 saturated heterocycles. The largest absolute Gasteiger partial charge is 0.481 e. The van der Waals surface area contributed by atoms with Crippen LogP contribution in [-0.2, 0) is 6.54 Å². The van der Waals surface area contributed by atoms with Crippen molar-refractivity contribution in [3.05, 3.63) is 64.4 Å². The lowest BCUT2D eigenvalue weighted by atomic mass is 10.2. The van der Waals surface area contributed by atoms with E-state index in [-0.39, 0.29) is 25.0 Å². The molecule has 6 heteroatoms. The second-order valence-corrected chi connectivity index (χ2v) is 5.68. The number of benzene rings is 2. The van der Waals surface area contributed by atoms with Gasteiger partial charge < -0.3 is 15.4 Å². The van der Waals surface area contributed by atoms with Crippen LogP contribution in [0.5, 0.6) is 5.75 Å². The Balaban J connectivity index is 1.61. The van der Waals surface area contributed by atoms with Gasteiger partial charge >= 0.3 is 6.03 Å². The van der Waals surface area contributed by atoms with Crippen LogP contribution in [0.1, 0.15) is 5.56 Å². The molecule has 0 aliphatic rings. The van der Waals surface area contributed by atoms with E-state index in [1.807, 2.05) is 24.3 Å². The van der Waals surface area contributed by atoms with Crippen molar-refractivity contribution in [3.63, 3.8) is 0 Å². The smallest absolute Gasteiger partial charge is 0.315 e. The Morgan fingerprint density at radius 3 is 2.67 bits per heavy atom. The zero-order valence-electron chi connectivity index (χ0n) is 12.8. The fraction of sp³-hybridized carbons (Fsp3) is 0.167. The number of urea groups is 1. The van der Waals surface area contributed by atoms with Crippen LogP contribution in [0.3, 0.4) is 0 Å². The summed E-state index contributed by atoms with van der Waals surface area (Å²) in [5, 5.41) is 5.28. The third-order valence-electron chi connectivity index (χ3n) is 2.94. The van der Waals surface area contributed by atoms with Gasteiger partial charge in [-0.05, 0) is 35.9 Å². The minimum Gasteiger partial charge on any atom is -0.481 e. The first-order valence-corrected chi connectivity index (χ1v) is 8.03. The molecule has 2 N–H and O–H groups in total. The van der Waals surface area contributed by atoms with E-state index in [4.69, 9.17) is 4.74 Å². The van der Waals surface area contributed by atoms with Crippen LogP contribution >= 0.6 is 15.9 Å². The molecule has 0 aromatic heterocycles. The summed E-state index contributed by atoms with van der Waals surface area (Å²) < 4.78 is 19.1. The second kappa shape index (κ2) is 9.58. The first-order valence-electron chi connectivity index (χ1n) is 7.24. The number of hydrogen-bond acceptors (Lipinski definition) is 2. The Morgan fingerprint density at radius 1 is 1.12 bits per heavy atom. The lowest BCUT2D eigenvalue weighted by Gasteiger charge is -2.05. The molecule has 0 fully saturated rings. The molecule has 0 unspecified atom stereocenters. The molecule has 4 nitrogen and oxygen atoms in total. The molecule has 2 amide bonds. The highest BCUT2D eigenvalue weighted by molar-refractivity contribution is 9.10. The van der Waals surface area contributed by atoms with Crippen molar-refractivity contribution in [1.82, 2.24) is 10.6 Å². The minimum absolute atomic E-state index is 0.219. The van der Waals surface area contributed by atoms with E-state index in [0.29, 0.717) is 6.54 Å². The van der Waals surface area contributed by atoms with E-state index in [0.717, 1.165) is 15.8 Å². The molecule has 0 radical (unpaired) electrons. The molecule has 2 rings (SSSR count). The van der Waals surface area contributed by atoms with Crippen molar-refractivity contribution in [3.8, 4) is 17.6 Å². The third-order valence-corrected chi connectivity index (χ3v) is 3.43. The summed E-state index contributed by atoms with van der Waals surface area (Å²) in [5.41, 5.74) is 0.819. The average Bonchev–Trinajstić information content (AvgIpc) is 2.57. The van der Waals surface area contributed by atoms with Crippen molar-refractivity contribution in [2.24, 2.45) is 0 Å². The lowest BCUT2D eigenvalue weighted by molar-refractivity contribution is 0.241. The number of carbonyl (C=O) groups excluding carboxylic acids is 1. The first-order chi connectivity index (χ1) is 11.6. The number of ether oxygens (including phenoxy) is 1.